The Hall–Kier alpha value is -2.41. The van der Waals surface area contributed by atoms with E-state index in [-0.39, 0.29) is 11.6 Å². The SMILES string of the molecule is CN=C(NCc1cc(F)ccc1CS(C)(=O)=O)NCC1CCC(c2ccccc2)CC1. The summed E-state index contributed by atoms with van der Waals surface area (Å²) in [5.41, 5.74) is 2.66. The first-order valence-corrected chi connectivity index (χ1v) is 12.8. The van der Waals surface area contributed by atoms with Crippen LogP contribution in [0.25, 0.3) is 0 Å². The van der Waals surface area contributed by atoms with Crippen LogP contribution in [0.2, 0.25) is 0 Å². The van der Waals surface area contributed by atoms with Crippen LogP contribution in [-0.4, -0.2) is 34.2 Å². The lowest BCUT2D eigenvalue weighted by Crippen LogP contribution is -2.40. The number of halogens is 1. The number of aliphatic imine (C=N–C) groups is 1. The minimum atomic E-state index is -3.20. The second-order valence-corrected chi connectivity index (χ2v) is 10.6. The Kier molecular flexibility index (Phi) is 8.07. The second-order valence-electron chi connectivity index (χ2n) is 8.42. The normalized spacial score (nSPS) is 19.8. The van der Waals surface area contributed by atoms with Crippen molar-refractivity contribution in [1.29, 1.82) is 0 Å². The van der Waals surface area contributed by atoms with Crippen LogP contribution in [0.4, 0.5) is 4.39 Å². The zero-order valence-corrected chi connectivity index (χ0v) is 19.1. The molecule has 0 amide bonds. The summed E-state index contributed by atoms with van der Waals surface area (Å²) in [5, 5.41) is 6.56. The van der Waals surface area contributed by atoms with Gasteiger partial charge in [-0.25, -0.2) is 12.8 Å². The Morgan fingerprint density at radius 2 is 1.74 bits per heavy atom. The van der Waals surface area contributed by atoms with Crippen molar-refractivity contribution in [2.75, 3.05) is 19.8 Å². The van der Waals surface area contributed by atoms with Gasteiger partial charge in [0.15, 0.2) is 15.8 Å². The average molecular weight is 446 g/mol. The van der Waals surface area contributed by atoms with E-state index in [1.165, 1.54) is 55.7 Å². The van der Waals surface area contributed by atoms with Gasteiger partial charge in [0.25, 0.3) is 0 Å². The highest BCUT2D eigenvalue weighted by molar-refractivity contribution is 7.89. The fourth-order valence-electron chi connectivity index (χ4n) is 4.25. The van der Waals surface area contributed by atoms with Gasteiger partial charge in [-0.2, -0.15) is 0 Å². The number of hydrogen-bond acceptors (Lipinski definition) is 3. The fourth-order valence-corrected chi connectivity index (χ4v) is 5.09. The van der Waals surface area contributed by atoms with Crippen molar-refractivity contribution in [2.24, 2.45) is 10.9 Å². The smallest absolute Gasteiger partial charge is 0.191 e. The van der Waals surface area contributed by atoms with E-state index in [1.54, 1.807) is 7.05 Å². The largest absolute Gasteiger partial charge is 0.356 e. The Bertz CT molecular complexity index is 985. The van der Waals surface area contributed by atoms with E-state index in [9.17, 15) is 12.8 Å². The molecule has 7 heteroatoms. The Morgan fingerprint density at radius 1 is 1.03 bits per heavy atom. The first-order chi connectivity index (χ1) is 14.8. The zero-order valence-electron chi connectivity index (χ0n) is 18.3. The highest BCUT2D eigenvalue weighted by Crippen LogP contribution is 2.35. The molecule has 5 nitrogen and oxygen atoms in total. The van der Waals surface area contributed by atoms with Crippen molar-refractivity contribution >= 4 is 15.8 Å². The highest BCUT2D eigenvalue weighted by atomic mass is 32.2. The van der Waals surface area contributed by atoms with E-state index in [0.29, 0.717) is 35.5 Å². The molecular weight excluding hydrogens is 413 g/mol. The second kappa shape index (κ2) is 10.8. The van der Waals surface area contributed by atoms with Crippen LogP contribution in [0.3, 0.4) is 0 Å². The van der Waals surface area contributed by atoms with Crippen LogP contribution in [0.5, 0.6) is 0 Å². The maximum absolute atomic E-state index is 13.7. The van der Waals surface area contributed by atoms with E-state index >= 15 is 0 Å². The fraction of sp³-hybridized carbons (Fsp3) is 0.458. The Morgan fingerprint density at radius 3 is 2.39 bits per heavy atom. The summed E-state index contributed by atoms with van der Waals surface area (Å²) < 4.78 is 37.1. The summed E-state index contributed by atoms with van der Waals surface area (Å²) in [6.45, 7) is 1.14. The van der Waals surface area contributed by atoms with E-state index < -0.39 is 9.84 Å². The molecule has 3 rings (SSSR count). The molecule has 1 saturated carbocycles. The molecule has 0 radical (unpaired) electrons. The summed E-state index contributed by atoms with van der Waals surface area (Å²) in [6.07, 6.45) is 5.92. The molecule has 0 heterocycles. The van der Waals surface area contributed by atoms with Crippen molar-refractivity contribution in [3.8, 4) is 0 Å². The van der Waals surface area contributed by atoms with Gasteiger partial charge in [0.1, 0.15) is 5.82 Å². The number of nitrogens with zero attached hydrogens (tertiary/aromatic N) is 1. The molecule has 1 aliphatic rings. The van der Waals surface area contributed by atoms with E-state index in [2.05, 4.69) is 46.0 Å². The summed E-state index contributed by atoms with van der Waals surface area (Å²) >= 11 is 0. The first kappa shape index (κ1) is 23.3. The number of benzene rings is 2. The molecule has 0 saturated heterocycles. The molecule has 2 N–H and O–H groups in total. The lowest BCUT2D eigenvalue weighted by Gasteiger charge is -2.29. The zero-order chi connectivity index (χ0) is 22.3. The third-order valence-corrected chi connectivity index (χ3v) is 6.77. The monoisotopic (exact) mass is 445 g/mol. The summed E-state index contributed by atoms with van der Waals surface area (Å²) in [6, 6.07) is 14.9. The first-order valence-electron chi connectivity index (χ1n) is 10.8. The minimum absolute atomic E-state index is 0.110. The molecule has 2 aromatic carbocycles. The lowest BCUT2D eigenvalue weighted by molar-refractivity contribution is 0.324. The Labute approximate surface area is 185 Å². The van der Waals surface area contributed by atoms with Crippen LogP contribution >= 0.6 is 0 Å². The molecule has 168 valence electrons. The van der Waals surface area contributed by atoms with Crippen LogP contribution in [0, 0.1) is 11.7 Å². The van der Waals surface area contributed by atoms with Crippen molar-refractivity contribution in [3.05, 3.63) is 71.0 Å². The summed E-state index contributed by atoms with van der Waals surface area (Å²) in [4.78, 5) is 4.26. The van der Waals surface area contributed by atoms with Crippen molar-refractivity contribution < 1.29 is 12.8 Å². The van der Waals surface area contributed by atoms with Gasteiger partial charge in [-0.05, 0) is 66.3 Å². The van der Waals surface area contributed by atoms with Gasteiger partial charge in [-0.1, -0.05) is 36.4 Å². The molecule has 2 aromatic rings. The van der Waals surface area contributed by atoms with Gasteiger partial charge in [-0.3, -0.25) is 4.99 Å². The van der Waals surface area contributed by atoms with Crippen LogP contribution in [0.1, 0.15) is 48.3 Å². The van der Waals surface area contributed by atoms with Gasteiger partial charge in [-0.15, -0.1) is 0 Å². The third kappa shape index (κ3) is 7.35. The van der Waals surface area contributed by atoms with Crippen LogP contribution in [-0.2, 0) is 22.1 Å². The predicted molar refractivity (Wildman–Crippen MR) is 124 cm³/mol. The number of sulfone groups is 1. The third-order valence-electron chi connectivity index (χ3n) is 5.93. The topological polar surface area (TPSA) is 70.6 Å². The number of guanidine groups is 1. The molecule has 31 heavy (non-hydrogen) atoms. The molecule has 0 spiro atoms. The lowest BCUT2D eigenvalue weighted by atomic mass is 9.79. The van der Waals surface area contributed by atoms with Gasteiger partial charge in [0.05, 0.1) is 5.75 Å². The molecule has 1 fully saturated rings. The summed E-state index contributed by atoms with van der Waals surface area (Å²) in [5.74, 6) is 1.39. The maximum atomic E-state index is 13.7. The van der Waals surface area contributed by atoms with Crippen molar-refractivity contribution in [3.63, 3.8) is 0 Å². The van der Waals surface area contributed by atoms with Gasteiger partial charge < -0.3 is 10.6 Å². The molecule has 0 bridgehead atoms. The maximum Gasteiger partial charge on any atom is 0.191 e. The quantitative estimate of drug-likeness (QED) is 0.499. The van der Waals surface area contributed by atoms with Crippen LogP contribution < -0.4 is 10.6 Å². The molecule has 0 aliphatic heterocycles. The number of rotatable bonds is 7. The van der Waals surface area contributed by atoms with E-state index in [0.717, 1.165) is 6.54 Å². The standard InChI is InChI=1S/C24H32FN3O2S/c1-26-24(28-16-22-14-23(25)13-12-21(22)17-31(2,29)30)27-15-18-8-10-20(11-9-18)19-6-4-3-5-7-19/h3-7,12-14,18,20H,8-11,15-17H2,1-2H3,(H2,26,27,28). The number of nitrogens with one attached hydrogen (secondary N) is 2. The average Bonchev–Trinajstić information content (AvgIpc) is 2.76. The summed E-state index contributed by atoms with van der Waals surface area (Å²) in [7, 11) is -1.50. The van der Waals surface area contributed by atoms with Gasteiger partial charge in [0, 0.05) is 26.4 Å². The number of hydrogen-bond donors (Lipinski definition) is 2. The minimum Gasteiger partial charge on any atom is -0.356 e. The Balaban J connectivity index is 1.49. The molecular formula is C24H32FN3O2S. The molecule has 0 aromatic heterocycles. The van der Waals surface area contributed by atoms with Gasteiger partial charge >= 0.3 is 0 Å². The van der Waals surface area contributed by atoms with E-state index in [1.807, 2.05) is 0 Å². The van der Waals surface area contributed by atoms with Crippen molar-refractivity contribution in [1.82, 2.24) is 10.6 Å². The predicted octanol–water partition coefficient (Wildman–Crippen LogP) is 4.01. The van der Waals surface area contributed by atoms with E-state index in [4.69, 9.17) is 0 Å². The van der Waals surface area contributed by atoms with Crippen molar-refractivity contribution in [2.45, 2.75) is 43.9 Å². The van der Waals surface area contributed by atoms with Crippen LogP contribution in [0.15, 0.2) is 53.5 Å². The molecule has 0 atom stereocenters. The van der Waals surface area contributed by atoms with Gasteiger partial charge in [0.2, 0.25) is 0 Å². The molecule has 1 aliphatic carbocycles. The highest BCUT2D eigenvalue weighted by Gasteiger charge is 2.22. The molecule has 0 unspecified atom stereocenters.